The minimum absolute atomic E-state index is 0.0285. The van der Waals surface area contributed by atoms with Gasteiger partial charge >= 0.3 is 5.97 Å². The number of carboxylic acid groups (broad SMARTS) is 1. The summed E-state index contributed by atoms with van der Waals surface area (Å²) in [6.07, 6.45) is -0.143. The van der Waals surface area contributed by atoms with E-state index >= 15 is 0 Å². The standard InChI is InChI=1S/C17H21NO4/c1-10(2)17(4,9-15(19)20)18-16(21)14-8-12-7-11(3)5-6-13(12)22-14/h5-8,10H,9H2,1-4H3,(H,18,21)(H,19,20). The molecular formula is C17H21NO4. The summed E-state index contributed by atoms with van der Waals surface area (Å²) in [6.45, 7) is 7.46. The lowest BCUT2D eigenvalue weighted by Crippen LogP contribution is -2.51. The van der Waals surface area contributed by atoms with Gasteiger partial charge < -0.3 is 14.8 Å². The Hall–Kier alpha value is -2.30. The molecule has 0 spiro atoms. The highest BCUT2D eigenvalue weighted by Gasteiger charge is 2.33. The van der Waals surface area contributed by atoms with Gasteiger partial charge in [0.15, 0.2) is 5.76 Å². The van der Waals surface area contributed by atoms with Crippen LogP contribution in [0.3, 0.4) is 0 Å². The molecular weight excluding hydrogens is 282 g/mol. The van der Waals surface area contributed by atoms with Gasteiger partial charge in [-0.25, -0.2) is 0 Å². The molecule has 2 aromatic rings. The number of nitrogens with one attached hydrogen (secondary N) is 1. The molecule has 1 amide bonds. The fourth-order valence-electron chi connectivity index (χ4n) is 2.30. The number of aryl methyl sites for hydroxylation is 1. The number of benzene rings is 1. The second-order valence-electron chi connectivity index (χ2n) is 6.25. The highest BCUT2D eigenvalue weighted by molar-refractivity contribution is 5.96. The summed E-state index contributed by atoms with van der Waals surface area (Å²) in [7, 11) is 0. The number of carbonyl (C=O) groups is 2. The first-order valence-corrected chi connectivity index (χ1v) is 7.26. The molecule has 1 unspecified atom stereocenters. The van der Waals surface area contributed by atoms with Crippen molar-refractivity contribution in [1.29, 1.82) is 0 Å². The molecule has 0 aliphatic heterocycles. The van der Waals surface area contributed by atoms with E-state index in [0.717, 1.165) is 10.9 Å². The summed E-state index contributed by atoms with van der Waals surface area (Å²) >= 11 is 0. The van der Waals surface area contributed by atoms with E-state index in [9.17, 15) is 9.59 Å². The van der Waals surface area contributed by atoms with Crippen LogP contribution in [0.1, 0.15) is 43.3 Å². The average molecular weight is 303 g/mol. The molecule has 1 atom stereocenters. The summed E-state index contributed by atoms with van der Waals surface area (Å²) in [4.78, 5) is 23.4. The maximum absolute atomic E-state index is 12.4. The van der Waals surface area contributed by atoms with E-state index in [1.54, 1.807) is 13.0 Å². The lowest BCUT2D eigenvalue weighted by molar-refractivity contribution is -0.138. The van der Waals surface area contributed by atoms with Crippen LogP contribution in [0.2, 0.25) is 0 Å². The molecule has 0 radical (unpaired) electrons. The number of amides is 1. The average Bonchev–Trinajstić information content (AvgIpc) is 2.80. The molecule has 0 aliphatic carbocycles. The quantitative estimate of drug-likeness (QED) is 0.887. The molecule has 0 saturated heterocycles. The zero-order valence-corrected chi connectivity index (χ0v) is 13.3. The highest BCUT2D eigenvalue weighted by Crippen LogP contribution is 2.24. The third kappa shape index (κ3) is 3.30. The van der Waals surface area contributed by atoms with Crippen molar-refractivity contribution in [3.63, 3.8) is 0 Å². The highest BCUT2D eigenvalue weighted by atomic mass is 16.4. The molecule has 1 aromatic heterocycles. The van der Waals surface area contributed by atoms with E-state index in [0.29, 0.717) is 5.58 Å². The van der Waals surface area contributed by atoms with Crippen LogP contribution in [-0.2, 0) is 4.79 Å². The number of fused-ring (bicyclic) bond motifs is 1. The summed E-state index contributed by atoms with van der Waals surface area (Å²) < 4.78 is 5.56. The van der Waals surface area contributed by atoms with Gasteiger partial charge in [0.2, 0.25) is 0 Å². The van der Waals surface area contributed by atoms with Crippen molar-refractivity contribution in [3.05, 3.63) is 35.6 Å². The Morgan fingerprint density at radius 2 is 2.00 bits per heavy atom. The van der Waals surface area contributed by atoms with Crippen molar-refractivity contribution < 1.29 is 19.1 Å². The van der Waals surface area contributed by atoms with Crippen molar-refractivity contribution in [3.8, 4) is 0 Å². The van der Waals surface area contributed by atoms with E-state index in [1.807, 2.05) is 39.0 Å². The number of rotatable bonds is 5. The smallest absolute Gasteiger partial charge is 0.305 e. The summed E-state index contributed by atoms with van der Waals surface area (Å²) in [5, 5.41) is 12.7. The van der Waals surface area contributed by atoms with Gasteiger partial charge in [-0.15, -0.1) is 0 Å². The van der Waals surface area contributed by atoms with Crippen LogP contribution in [0.4, 0.5) is 0 Å². The first kappa shape index (κ1) is 16.1. The maximum Gasteiger partial charge on any atom is 0.305 e. The number of aliphatic carboxylic acids is 1. The lowest BCUT2D eigenvalue weighted by atomic mass is 9.85. The van der Waals surface area contributed by atoms with Crippen molar-refractivity contribution >= 4 is 22.8 Å². The Kier molecular flexibility index (Phi) is 4.26. The van der Waals surface area contributed by atoms with Crippen LogP contribution in [0.25, 0.3) is 11.0 Å². The largest absolute Gasteiger partial charge is 0.481 e. The monoisotopic (exact) mass is 303 g/mol. The molecule has 0 aliphatic rings. The van der Waals surface area contributed by atoms with Crippen molar-refractivity contribution in [1.82, 2.24) is 5.32 Å². The van der Waals surface area contributed by atoms with Gasteiger partial charge in [0.05, 0.1) is 12.0 Å². The number of carboxylic acids is 1. The lowest BCUT2D eigenvalue weighted by Gasteiger charge is -2.33. The van der Waals surface area contributed by atoms with Gasteiger partial charge in [0, 0.05) is 5.39 Å². The molecule has 1 aromatic carbocycles. The normalized spacial score (nSPS) is 14.0. The maximum atomic E-state index is 12.4. The van der Waals surface area contributed by atoms with E-state index in [2.05, 4.69) is 5.32 Å². The van der Waals surface area contributed by atoms with Crippen molar-refractivity contribution in [2.45, 2.75) is 39.7 Å². The van der Waals surface area contributed by atoms with Crippen LogP contribution >= 0.6 is 0 Å². The number of carbonyl (C=O) groups excluding carboxylic acids is 1. The van der Waals surface area contributed by atoms with E-state index in [-0.39, 0.29) is 18.1 Å². The van der Waals surface area contributed by atoms with Crippen LogP contribution < -0.4 is 5.32 Å². The van der Waals surface area contributed by atoms with Crippen LogP contribution in [0.5, 0.6) is 0 Å². The minimum Gasteiger partial charge on any atom is -0.481 e. The Bertz CT molecular complexity index is 717. The predicted octanol–water partition coefficient (Wildman–Crippen LogP) is 3.36. The minimum atomic E-state index is -0.947. The van der Waals surface area contributed by atoms with Crippen LogP contribution in [0, 0.1) is 12.8 Å². The van der Waals surface area contributed by atoms with Crippen LogP contribution in [-0.4, -0.2) is 22.5 Å². The fourth-order valence-corrected chi connectivity index (χ4v) is 2.30. The zero-order chi connectivity index (χ0) is 16.5. The van der Waals surface area contributed by atoms with Gasteiger partial charge in [0.25, 0.3) is 5.91 Å². The van der Waals surface area contributed by atoms with Crippen LogP contribution in [0.15, 0.2) is 28.7 Å². The van der Waals surface area contributed by atoms with Gasteiger partial charge in [0.1, 0.15) is 5.58 Å². The molecule has 0 fully saturated rings. The van der Waals surface area contributed by atoms with Gasteiger partial charge in [-0.2, -0.15) is 0 Å². The Labute approximate surface area is 129 Å². The third-order valence-corrected chi connectivity index (χ3v) is 4.09. The van der Waals surface area contributed by atoms with Gasteiger partial charge in [-0.1, -0.05) is 25.5 Å². The molecule has 5 nitrogen and oxygen atoms in total. The third-order valence-electron chi connectivity index (χ3n) is 4.09. The second-order valence-corrected chi connectivity index (χ2v) is 6.25. The molecule has 2 N–H and O–H groups in total. The first-order valence-electron chi connectivity index (χ1n) is 7.26. The molecule has 118 valence electrons. The molecule has 1 heterocycles. The van der Waals surface area contributed by atoms with Gasteiger partial charge in [-0.3, -0.25) is 9.59 Å². The molecule has 0 saturated carbocycles. The van der Waals surface area contributed by atoms with Crippen molar-refractivity contribution in [2.75, 3.05) is 0 Å². The Morgan fingerprint density at radius 1 is 1.32 bits per heavy atom. The summed E-state index contributed by atoms with van der Waals surface area (Å²) in [6, 6.07) is 7.35. The Morgan fingerprint density at radius 3 is 2.59 bits per heavy atom. The predicted molar refractivity (Wildman–Crippen MR) is 83.9 cm³/mol. The summed E-state index contributed by atoms with van der Waals surface area (Å²) in [5.74, 6) is -1.18. The van der Waals surface area contributed by atoms with Crippen molar-refractivity contribution in [2.24, 2.45) is 5.92 Å². The van der Waals surface area contributed by atoms with Gasteiger partial charge in [-0.05, 0) is 38.0 Å². The number of hydrogen-bond donors (Lipinski definition) is 2. The molecule has 2 rings (SSSR count). The number of furan rings is 1. The topological polar surface area (TPSA) is 79.5 Å². The second kappa shape index (κ2) is 5.83. The van der Waals surface area contributed by atoms with E-state index in [4.69, 9.17) is 9.52 Å². The molecule has 0 bridgehead atoms. The fraction of sp³-hybridized carbons (Fsp3) is 0.412. The zero-order valence-electron chi connectivity index (χ0n) is 13.3. The first-order chi connectivity index (χ1) is 10.2. The SMILES string of the molecule is Cc1ccc2oc(C(=O)NC(C)(CC(=O)O)C(C)C)cc2c1. The van der Waals surface area contributed by atoms with E-state index in [1.165, 1.54) is 0 Å². The Balaban J connectivity index is 2.27. The molecule has 5 heteroatoms. The summed E-state index contributed by atoms with van der Waals surface area (Å²) in [5.41, 5.74) is 0.885. The van der Waals surface area contributed by atoms with E-state index < -0.39 is 17.4 Å². The number of hydrogen-bond acceptors (Lipinski definition) is 3. The molecule has 22 heavy (non-hydrogen) atoms.